The van der Waals surface area contributed by atoms with Crippen molar-refractivity contribution in [2.75, 3.05) is 18.4 Å². The molecule has 3 heterocycles. The molecule has 0 spiro atoms. The molecule has 0 bridgehead atoms. The Hall–Kier alpha value is -1.73. The van der Waals surface area contributed by atoms with E-state index in [1.54, 1.807) is 11.1 Å². The zero-order valence-corrected chi connectivity index (χ0v) is 15.9. The Balaban J connectivity index is 1.75. The summed E-state index contributed by atoms with van der Waals surface area (Å²) in [4.78, 5) is 25.4. The first-order valence-electron chi connectivity index (χ1n) is 8.17. The average Bonchev–Trinajstić information content (AvgIpc) is 2.87. The lowest BCUT2D eigenvalue weighted by atomic mass is 10.1. The highest BCUT2D eigenvalue weighted by atomic mass is 35.5. The molecular weight excluding hydrogens is 365 g/mol. The summed E-state index contributed by atoms with van der Waals surface area (Å²) in [5, 5.41) is 4.70. The lowest BCUT2D eigenvalue weighted by Gasteiger charge is -2.34. The number of H-pyrrole nitrogens is 1. The molecule has 2 aromatic rings. The van der Waals surface area contributed by atoms with Gasteiger partial charge in [-0.2, -0.15) is 9.97 Å². The molecule has 25 heavy (non-hydrogen) atoms. The smallest absolute Gasteiger partial charge is 0.410 e. The van der Waals surface area contributed by atoms with Crippen LogP contribution in [0.3, 0.4) is 0 Å². The third kappa shape index (κ3) is 4.27. The highest BCUT2D eigenvalue weighted by Crippen LogP contribution is 2.30. The van der Waals surface area contributed by atoms with E-state index in [0.29, 0.717) is 35.0 Å². The number of piperidine rings is 1. The van der Waals surface area contributed by atoms with Crippen LogP contribution in [0.25, 0.3) is 11.0 Å². The number of carbonyl (C=O) groups is 1. The molecule has 0 saturated carbocycles. The van der Waals surface area contributed by atoms with Gasteiger partial charge in [-0.1, -0.05) is 11.6 Å². The maximum absolute atomic E-state index is 12.3. The van der Waals surface area contributed by atoms with E-state index in [1.807, 2.05) is 20.8 Å². The third-order valence-corrected chi connectivity index (χ3v) is 4.34. The van der Waals surface area contributed by atoms with Crippen molar-refractivity contribution >= 4 is 46.1 Å². The number of halogens is 2. The molecule has 9 heteroatoms. The number of hydrogen-bond acceptors (Lipinski definition) is 5. The van der Waals surface area contributed by atoms with Crippen LogP contribution in [0, 0.1) is 0 Å². The van der Waals surface area contributed by atoms with Crippen molar-refractivity contribution < 1.29 is 9.53 Å². The summed E-state index contributed by atoms with van der Waals surface area (Å²) in [6.07, 6.45) is 3.13. The Labute approximate surface area is 156 Å². The van der Waals surface area contributed by atoms with Crippen LogP contribution in [-0.4, -0.2) is 50.7 Å². The summed E-state index contributed by atoms with van der Waals surface area (Å²) >= 11 is 12.2. The van der Waals surface area contributed by atoms with Crippen LogP contribution >= 0.6 is 23.2 Å². The van der Waals surface area contributed by atoms with E-state index < -0.39 is 5.60 Å². The van der Waals surface area contributed by atoms with Gasteiger partial charge in [0.15, 0.2) is 0 Å². The van der Waals surface area contributed by atoms with Crippen molar-refractivity contribution in [2.45, 2.75) is 45.3 Å². The fourth-order valence-corrected chi connectivity index (χ4v) is 3.26. The molecule has 1 aliphatic rings. The summed E-state index contributed by atoms with van der Waals surface area (Å²) in [6, 6.07) is 0.0291. The second-order valence-corrected chi connectivity index (χ2v) is 7.86. The number of amides is 1. The quantitative estimate of drug-likeness (QED) is 0.760. The summed E-state index contributed by atoms with van der Waals surface area (Å²) in [7, 11) is 0. The molecule has 3 rings (SSSR count). The number of rotatable bonds is 2. The van der Waals surface area contributed by atoms with E-state index in [-0.39, 0.29) is 17.4 Å². The van der Waals surface area contributed by atoms with Crippen LogP contribution in [0.1, 0.15) is 33.6 Å². The van der Waals surface area contributed by atoms with Crippen LogP contribution < -0.4 is 5.32 Å². The van der Waals surface area contributed by atoms with Crippen LogP contribution in [0.4, 0.5) is 10.6 Å². The highest BCUT2D eigenvalue weighted by Gasteiger charge is 2.28. The molecule has 1 aliphatic heterocycles. The number of likely N-dealkylation sites (tertiary alicyclic amines) is 1. The normalized spacial score (nSPS) is 18.4. The summed E-state index contributed by atoms with van der Waals surface area (Å²) in [5.74, 6) is 0.567. The van der Waals surface area contributed by atoms with E-state index in [2.05, 4.69) is 20.3 Å². The molecule has 1 atom stereocenters. The molecule has 1 fully saturated rings. The Kier molecular flexibility index (Phi) is 4.97. The standard InChI is InChI=1S/C16H21Cl2N5O2/c1-16(2,3)25-15(24)23-6-4-5-9(8-23)20-13-11-10(17)7-19-12(11)21-14(18)22-13/h7,9H,4-6,8H2,1-3H3,(H2,19,20,21,22). The number of aromatic nitrogens is 3. The Morgan fingerprint density at radius 2 is 2.16 bits per heavy atom. The lowest BCUT2D eigenvalue weighted by Crippen LogP contribution is -2.47. The van der Waals surface area contributed by atoms with E-state index in [4.69, 9.17) is 27.9 Å². The number of fused-ring (bicyclic) bond motifs is 1. The predicted molar refractivity (Wildman–Crippen MR) is 98.4 cm³/mol. The molecular formula is C16H21Cl2N5O2. The van der Waals surface area contributed by atoms with Crippen LogP contribution in [0.5, 0.6) is 0 Å². The van der Waals surface area contributed by atoms with Crippen LogP contribution in [0.2, 0.25) is 10.3 Å². The maximum atomic E-state index is 12.3. The molecule has 1 saturated heterocycles. The minimum Gasteiger partial charge on any atom is -0.444 e. The summed E-state index contributed by atoms with van der Waals surface area (Å²) in [6.45, 7) is 6.78. The van der Waals surface area contributed by atoms with Gasteiger partial charge in [0.2, 0.25) is 5.28 Å². The average molecular weight is 386 g/mol. The van der Waals surface area contributed by atoms with E-state index in [0.717, 1.165) is 12.8 Å². The lowest BCUT2D eigenvalue weighted by molar-refractivity contribution is 0.0206. The molecule has 1 unspecified atom stereocenters. The fraction of sp³-hybridized carbons (Fsp3) is 0.562. The van der Waals surface area contributed by atoms with Crippen molar-refractivity contribution in [3.8, 4) is 0 Å². The third-order valence-electron chi connectivity index (χ3n) is 3.87. The number of aromatic amines is 1. The first-order chi connectivity index (χ1) is 11.7. The van der Waals surface area contributed by atoms with Crippen molar-refractivity contribution in [1.29, 1.82) is 0 Å². The van der Waals surface area contributed by atoms with Gasteiger partial charge in [-0.25, -0.2) is 4.79 Å². The monoisotopic (exact) mass is 385 g/mol. The molecule has 1 amide bonds. The van der Waals surface area contributed by atoms with Gasteiger partial charge in [-0.3, -0.25) is 0 Å². The largest absolute Gasteiger partial charge is 0.444 e. The summed E-state index contributed by atoms with van der Waals surface area (Å²) in [5.41, 5.74) is 0.0648. The molecule has 0 aromatic carbocycles. The number of ether oxygens (including phenoxy) is 1. The SMILES string of the molecule is CC(C)(C)OC(=O)N1CCCC(Nc2nc(Cl)nc3[nH]cc(Cl)c23)C1. The summed E-state index contributed by atoms with van der Waals surface area (Å²) < 4.78 is 5.46. The van der Waals surface area contributed by atoms with Gasteiger partial charge < -0.3 is 19.9 Å². The number of anilines is 1. The number of carbonyl (C=O) groups excluding carboxylic acids is 1. The topological polar surface area (TPSA) is 83.1 Å². The van der Waals surface area contributed by atoms with Crippen LogP contribution in [0.15, 0.2) is 6.20 Å². The van der Waals surface area contributed by atoms with Gasteiger partial charge >= 0.3 is 6.09 Å². The molecule has 136 valence electrons. The molecule has 7 nitrogen and oxygen atoms in total. The van der Waals surface area contributed by atoms with Crippen molar-refractivity contribution in [3.63, 3.8) is 0 Å². The first-order valence-corrected chi connectivity index (χ1v) is 8.93. The van der Waals surface area contributed by atoms with Crippen molar-refractivity contribution in [2.24, 2.45) is 0 Å². The Bertz CT molecular complexity index is 787. The van der Waals surface area contributed by atoms with Gasteiger partial charge in [0.25, 0.3) is 0 Å². The van der Waals surface area contributed by atoms with Gasteiger partial charge in [0.05, 0.1) is 10.4 Å². The minimum absolute atomic E-state index is 0.0291. The number of nitrogens with zero attached hydrogens (tertiary/aromatic N) is 3. The van der Waals surface area contributed by atoms with E-state index in [9.17, 15) is 4.79 Å². The predicted octanol–water partition coefficient (Wildman–Crippen LogP) is 4.08. The second-order valence-electron chi connectivity index (χ2n) is 7.11. The van der Waals surface area contributed by atoms with E-state index in [1.165, 1.54) is 0 Å². The van der Waals surface area contributed by atoms with Crippen LogP contribution in [-0.2, 0) is 4.74 Å². The second kappa shape index (κ2) is 6.88. The Morgan fingerprint density at radius 1 is 1.40 bits per heavy atom. The zero-order valence-electron chi connectivity index (χ0n) is 14.4. The zero-order chi connectivity index (χ0) is 18.2. The fourth-order valence-electron chi connectivity index (χ4n) is 2.85. The number of nitrogens with one attached hydrogen (secondary N) is 2. The van der Waals surface area contributed by atoms with Gasteiger partial charge in [0, 0.05) is 25.3 Å². The molecule has 0 aliphatic carbocycles. The van der Waals surface area contributed by atoms with Crippen molar-refractivity contribution in [3.05, 3.63) is 16.5 Å². The van der Waals surface area contributed by atoms with Crippen molar-refractivity contribution in [1.82, 2.24) is 19.9 Å². The molecule has 0 radical (unpaired) electrons. The van der Waals surface area contributed by atoms with Gasteiger partial charge in [-0.05, 0) is 45.2 Å². The van der Waals surface area contributed by atoms with E-state index >= 15 is 0 Å². The maximum Gasteiger partial charge on any atom is 0.410 e. The Morgan fingerprint density at radius 3 is 2.88 bits per heavy atom. The molecule has 2 aromatic heterocycles. The highest BCUT2D eigenvalue weighted by molar-refractivity contribution is 6.36. The minimum atomic E-state index is -0.511. The number of hydrogen-bond donors (Lipinski definition) is 2. The first kappa shape index (κ1) is 18.1. The van der Waals surface area contributed by atoms with Gasteiger partial charge in [-0.15, -0.1) is 0 Å². The van der Waals surface area contributed by atoms with Gasteiger partial charge in [0.1, 0.15) is 17.1 Å². The molecule has 2 N–H and O–H groups in total.